The average molecular weight is 331 g/mol. The quantitative estimate of drug-likeness (QED) is 0.933. The number of nitrogens with one attached hydrogen (secondary N) is 1. The van der Waals surface area contributed by atoms with E-state index in [2.05, 4.69) is 15.6 Å². The fourth-order valence-corrected chi connectivity index (χ4v) is 3.00. The number of aromatic nitrogens is 3. The monoisotopic (exact) mass is 331 g/mol. The van der Waals surface area contributed by atoms with Crippen LogP contribution in [0.25, 0.3) is 0 Å². The van der Waals surface area contributed by atoms with E-state index in [9.17, 15) is 9.18 Å². The third-order valence-corrected chi connectivity index (χ3v) is 4.67. The Balaban J connectivity index is 1.74. The van der Waals surface area contributed by atoms with Gasteiger partial charge in [0.1, 0.15) is 5.82 Å². The lowest BCUT2D eigenvalue weighted by atomic mass is 10.1. The molecule has 1 aromatic heterocycles. The van der Waals surface area contributed by atoms with Crippen molar-refractivity contribution in [1.29, 1.82) is 0 Å². The molecule has 3 rings (SSSR count). The summed E-state index contributed by atoms with van der Waals surface area (Å²) in [6.45, 7) is 3.68. The van der Waals surface area contributed by atoms with Crippen molar-refractivity contribution in [3.63, 3.8) is 0 Å². The molecule has 128 valence electrons. The molecule has 0 aliphatic carbocycles. The molecule has 2 heterocycles. The normalized spacial score (nSPS) is 16.8. The van der Waals surface area contributed by atoms with Crippen LogP contribution in [-0.2, 0) is 0 Å². The molecule has 1 aliphatic heterocycles. The molecule has 24 heavy (non-hydrogen) atoms. The summed E-state index contributed by atoms with van der Waals surface area (Å²) in [5, 5.41) is 11.4. The van der Waals surface area contributed by atoms with E-state index in [-0.39, 0.29) is 23.8 Å². The number of benzene rings is 1. The van der Waals surface area contributed by atoms with Crippen molar-refractivity contribution in [2.45, 2.75) is 31.8 Å². The highest BCUT2D eigenvalue weighted by Crippen LogP contribution is 2.23. The van der Waals surface area contributed by atoms with E-state index in [1.54, 1.807) is 43.0 Å². The van der Waals surface area contributed by atoms with Crippen molar-refractivity contribution in [3.05, 3.63) is 47.5 Å². The van der Waals surface area contributed by atoms with Crippen LogP contribution in [-0.4, -0.2) is 45.9 Å². The van der Waals surface area contributed by atoms with Gasteiger partial charge in [-0.05, 0) is 38.9 Å². The predicted octanol–water partition coefficient (Wildman–Crippen LogP) is 2.17. The van der Waals surface area contributed by atoms with Crippen molar-refractivity contribution in [1.82, 2.24) is 25.2 Å². The molecule has 7 heteroatoms. The zero-order valence-corrected chi connectivity index (χ0v) is 13.9. The molecule has 1 fully saturated rings. The molecule has 6 nitrogen and oxygen atoms in total. The van der Waals surface area contributed by atoms with Crippen LogP contribution in [0.3, 0.4) is 0 Å². The Kier molecular flexibility index (Phi) is 4.89. The Morgan fingerprint density at radius 3 is 2.79 bits per heavy atom. The molecule has 1 atom stereocenters. The second-order valence-electron chi connectivity index (χ2n) is 6.18. The number of amides is 1. The SMILES string of the molecule is CC(c1ccccc1F)N(C)C(=O)c1cn(C2CCNCC2)nn1. The lowest BCUT2D eigenvalue weighted by molar-refractivity contribution is 0.0734. The Morgan fingerprint density at radius 1 is 1.38 bits per heavy atom. The van der Waals surface area contributed by atoms with Gasteiger partial charge in [0.15, 0.2) is 5.69 Å². The van der Waals surface area contributed by atoms with E-state index in [1.165, 1.54) is 11.0 Å². The minimum Gasteiger partial charge on any atom is -0.333 e. The number of halogens is 1. The standard InChI is InChI=1S/C17H22FN5O/c1-12(14-5-3-4-6-15(14)18)22(2)17(24)16-11-23(21-20-16)13-7-9-19-10-8-13/h3-6,11-13,19H,7-10H2,1-2H3. The summed E-state index contributed by atoms with van der Waals surface area (Å²) in [4.78, 5) is 14.1. The molecule has 1 unspecified atom stereocenters. The maximum absolute atomic E-state index is 13.9. The average Bonchev–Trinajstić information content (AvgIpc) is 3.11. The largest absolute Gasteiger partial charge is 0.333 e. The first kappa shape index (κ1) is 16.6. The maximum atomic E-state index is 13.9. The summed E-state index contributed by atoms with van der Waals surface area (Å²) in [5.41, 5.74) is 0.776. The number of carbonyl (C=O) groups is 1. The number of piperidine rings is 1. The molecule has 1 aromatic carbocycles. The van der Waals surface area contributed by atoms with Crippen molar-refractivity contribution < 1.29 is 9.18 Å². The van der Waals surface area contributed by atoms with E-state index < -0.39 is 0 Å². The van der Waals surface area contributed by atoms with Crippen LogP contribution >= 0.6 is 0 Å². The summed E-state index contributed by atoms with van der Waals surface area (Å²) in [6, 6.07) is 6.38. The topological polar surface area (TPSA) is 63.1 Å². The number of nitrogens with zero attached hydrogens (tertiary/aromatic N) is 4. The van der Waals surface area contributed by atoms with Crippen LogP contribution in [0.1, 0.15) is 47.9 Å². The Labute approximate surface area is 140 Å². The van der Waals surface area contributed by atoms with E-state index in [4.69, 9.17) is 0 Å². The molecule has 0 spiro atoms. The van der Waals surface area contributed by atoms with Gasteiger partial charge in [-0.1, -0.05) is 23.4 Å². The Morgan fingerprint density at radius 2 is 2.08 bits per heavy atom. The van der Waals surface area contributed by atoms with Gasteiger partial charge in [0.05, 0.1) is 18.3 Å². The van der Waals surface area contributed by atoms with Crippen molar-refractivity contribution in [2.24, 2.45) is 0 Å². The van der Waals surface area contributed by atoms with Crippen LogP contribution in [0.5, 0.6) is 0 Å². The van der Waals surface area contributed by atoms with Crippen molar-refractivity contribution in [3.8, 4) is 0 Å². The second-order valence-corrected chi connectivity index (χ2v) is 6.18. The van der Waals surface area contributed by atoms with Crippen LogP contribution in [0, 0.1) is 5.82 Å². The van der Waals surface area contributed by atoms with Gasteiger partial charge in [-0.15, -0.1) is 5.10 Å². The van der Waals surface area contributed by atoms with Gasteiger partial charge in [-0.2, -0.15) is 0 Å². The molecular formula is C17H22FN5O. The number of hydrogen-bond donors (Lipinski definition) is 1. The minimum atomic E-state index is -0.386. The van der Waals surface area contributed by atoms with Crippen molar-refractivity contribution >= 4 is 5.91 Å². The molecule has 1 N–H and O–H groups in total. The molecule has 1 amide bonds. The molecule has 0 radical (unpaired) electrons. The summed E-state index contributed by atoms with van der Waals surface area (Å²) in [7, 11) is 1.66. The maximum Gasteiger partial charge on any atom is 0.276 e. The van der Waals surface area contributed by atoms with Gasteiger partial charge in [0, 0.05) is 12.6 Å². The molecule has 0 saturated carbocycles. The summed E-state index contributed by atoms with van der Waals surface area (Å²) >= 11 is 0. The molecule has 1 saturated heterocycles. The first-order chi connectivity index (χ1) is 11.6. The van der Waals surface area contributed by atoms with E-state index in [0.717, 1.165) is 25.9 Å². The number of carbonyl (C=O) groups excluding carboxylic acids is 1. The third kappa shape index (κ3) is 3.31. The van der Waals surface area contributed by atoms with E-state index >= 15 is 0 Å². The smallest absolute Gasteiger partial charge is 0.276 e. The first-order valence-electron chi connectivity index (χ1n) is 8.22. The second kappa shape index (κ2) is 7.09. The minimum absolute atomic E-state index is 0.258. The molecule has 0 bridgehead atoms. The highest BCUT2D eigenvalue weighted by molar-refractivity contribution is 5.92. The third-order valence-electron chi connectivity index (χ3n) is 4.67. The van der Waals surface area contributed by atoms with Crippen LogP contribution in [0.4, 0.5) is 4.39 Å². The highest BCUT2D eigenvalue weighted by atomic mass is 19.1. The zero-order valence-electron chi connectivity index (χ0n) is 13.9. The molecule has 2 aromatic rings. The van der Waals surface area contributed by atoms with E-state index in [0.29, 0.717) is 11.3 Å². The van der Waals surface area contributed by atoms with Gasteiger partial charge >= 0.3 is 0 Å². The molecule has 1 aliphatic rings. The summed E-state index contributed by atoms with van der Waals surface area (Å²) in [5.74, 6) is -0.575. The fourth-order valence-electron chi connectivity index (χ4n) is 3.00. The van der Waals surface area contributed by atoms with Gasteiger partial charge in [0.2, 0.25) is 0 Å². The van der Waals surface area contributed by atoms with Gasteiger partial charge in [-0.3, -0.25) is 4.79 Å². The predicted molar refractivity (Wildman–Crippen MR) is 88.1 cm³/mol. The number of rotatable bonds is 4. The van der Waals surface area contributed by atoms with Crippen LogP contribution < -0.4 is 5.32 Å². The lowest BCUT2D eigenvalue weighted by Gasteiger charge is -2.25. The summed E-state index contributed by atoms with van der Waals surface area (Å²) in [6.07, 6.45) is 3.64. The van der Waals surface area contributed by atoms with Gasteiger partial charge in [0.25, 0.3) is 5.91 Å². The van der Waals surface area contributed by atoms with Gasteiger partial charge in [-0.25, -0.2) is 9.07 Å². The summed E-state index contributed by atoms with van der Waals surface area (Å²) < 4.78 is 15.7. The molecular weight excluding hydrogens is 309 g/mol. The highest BCUT2D eigenvalue weighted by Gasteiger charge is 2.24. The van der Waals surface area contributed by atoms with Gasteiger partial charge < -0.3 is 10.2 Å². The fraction of sp³-hybridized carbons (Fsp3) is 0.471. The Hall–Kier alpha value is -2.28. The lowest BCUT2D eigenvalue weighted by Crippen LogP contribution is -2.30. The zero-order chi connectivity index (χ0) is 17.1. The first-order valence-corrected chi connectivity index (χ1v) is 8.22. The Bertz CT molecular complexity index is 711. The van der Waals surface area contributed by atoms with Crippen LogP contribution in [0.15, 0.2) is 30.5 Å². The van der Waals surface area contributed by atoms with Crippen LogP contribution in [0.2, 0.25) is 0 Å². The van der Waals surface area contributed by atoms with E-state index in [1.807, 2.05) is 0 Å². The van der Waals surface area contributed by atoms with Crippen molar-refractivity contribution in [2.75, 3.05) is 20.1 Å². The number of hydrogen-bond acceptors (Lipinski definition) is 4.